The minimum Gasteiger partial charge on any atom is -0.350 e. The lowest BCUT2D eigenvalue weighted by Gasteiger charge is -2.44. The normalized spacial score (nSPS) is 18.8. The number of benzene rings is 2. The quantitative estimate of drug-likeness (QED) is 0.578. The fourth-order valence-corrected chi connectivity index (χ4v) is 4.89. The van der Waals surface area contributed by atoms with Crippen LogP contribution in [-0.4, -0.2) is 40.9 Å². The molecule has 0 bridgehead atoms. The summed E-state index contributed by atoms with van der Waals surface area (Å²) < 4.78 is 13.1. The first kappa shape index (κ1) is 22.8. The van der Waals surface area contributed by atoms with Crippen molar-refractivity contribution < 1.29 is 14.0 Å². The third-order valence-corrected chi connectivity index (χ3v) is 6.81. The van der Waals surface area contributed by atoms with E-state index in [0.717, 1.165) is 42.1 Å². The van der Waals surface area contributed by atoms with Gasteiger partial charge in [-0.2, -0.15) is 4.98 Å². The van der Waals surface area contributed by atoms with Gasteiger partial charge in [-0.05, 0) is 68.7 Å². The molecule has 35 heavy (non-hydrogen) atoms. The smallest absolute Gasteiger partial charge is 0.255 e. The molecule has 3 aromatic rings. The van der Waals surface area contributed by atoms with Crippen LogP contribution in [0.2, 0.25) is 0 Å². The second kappa shape index (κ2) is 8.65. The molecule has 0 spiro atoms. The minimum atomic E-state index is -0.562. The topological polar surface area (TPSA) is 90.5 Å². The van der Waals surface area contributed by atoms with Crippen LogP contribution < -0.4 is 20.4 Å². The summed E-state index contributed by atoms with van der Waals surface area (Å²) in [5.41, 5.74) is 2.97. The Morgan fingerprint density at radius 2 is 1.83 bits per heavy atom. The summed E-state index contributed by atoms with van der Waals surface area (Å²) >= 11 is 0. The van der Waals surface area contributed by atoms with Crippen LogP contribution in [0.3, 0.4) is 0 Å². The molecule has 2 aliphatic rings. The second-order valence-electron chi connectivity index (χ2n) is 9.21. The van der Waals surface area contributed by atoms with Gasteiger partial charge in [0, 0.05) is 31.4 Å². The van der Waals surface area contributed by atoms with Gasteiger partial charge in [0.2, 0.25) is 5.95 Å². The molecule has 2 aliphatic heterocycles. The molecule has 2 amide bonds. The number of halogens is 1. The molecule has 3 heterocycles. The summed E-state index contributed by atoms with van der Waals surface area (Å²) in [6.45, 7) is 5.18. The molecule has 1 aromatic heterocycles. The first-order valence-electron chi connectivity index (χ1n) is 11.6. The Bertz CT molecular complexity index is 1290. The zero-order valence-corrected chi connectivity index (χ0v) is 19.9. The Morgan fingerprint density at radius 1 is 1.11 bits per heavy atom. The lowest BCUT2D eigenvalue weighted by Crippen LogP contribution is -2.58. The summed E-state index contributed by atoms with van der Waals surface area (Å²) in [5, 5.41) is 6.10. The van der Waals surface area contributed by atoms with Crippen LogP contribution in [0.15, 0.2) is 48.5 Å². The fourth-order valence-electron chi connectivity index (χ4n) is 4.89. The van der Waals surface area contributed by atoms with Crippen LogP contribution in [0.4, 0.5) is 27.5 Å². The Kier molecular flexibility index (Phi) is 5.62. The number of aromatic nitrogens is 2. The van der Waals surface area contributed by atoms with Gasteiger partial charge in [-0.3, -0.25) is 9.59 Å². The molecule has 0 unspecified atom stereocenters. The first-order valence-corrected chi connectivity index (χ1v) is 11.6. The zero-order chi connectivity index (χ0) is 24.7. The molecular formula is C26H27FN6O2. The molecule has 180 valence electrons. The molecule has 5 rings (SSSR count). The second-order valence-corrected chi connectivity index (χ2v) is 9.21. The maximum atomic E-state index is 13.1. The predicted octanol–water partition coefficient (Wildman–Crippen LogP) is 4.12. The fraction of sp³-hybridized carbons (Fsp3) is 0.308. The van der Waals surface area contributed by atoms with Gasteiger partial charge in [0.25, 0.3) is 11.8 Å². The maximum absolute atomic E-state index is 13.1. The number of hydrogen-bond donors (Lipinski definition) is 2. The maximum Gasteiger partial charge on any atom is 0.255 e. The molecule has 2 N–H and O–H groups in total. The van der Waals surface area contributed by atoms with Crippen molar-refractivity contribution >= 4 is 35.0 Å². The molecule has 9 heteroatoms. The average Bonchev–Trinajstić information content (AvgIpc) is 3.25. The van der Waals surface area contributed by atoms with Gasteiger partial charge in [-0.1, -0.05) is 12.1 Å². The molecule has 8 nitrogen and oxygen atoms in total. The molecular weight excluding hydrogens is 447 g/mol. The van der Waals surface area contributed by atoms with E-state index in [-0.39, 0.29) is 17.6 Å². The average molecular weight is 475 g/mol. The van der Waals surface area contributed by atoms with Crippen molar-refractivity contribution in [3.63, 3.8) is 0 Å². The van der Waals surface area contributed by atoms with Gasteiger partial charge in [0.15, 0.2) is 5.82 Å². The van der Waals surface area contributed by atoms with Crippen molar-refractivity contribution in [3.8, 4) is 0 Å². The van der Waals surface area contributed by atoms with Gasteiger partial charge in [-0.25, -0.2) is 9.37 Å². The first-order chi connectivity index (χ1) is 16.8. The zero-order valence-electron chi connectivity index (χ0n) is 19.9. The number of anilines is 4. The summed E-state index contributed by atoms with van der Waals surface area (Å²) in [6.07, 6.45) is 1.76. The summed E-state index contributed by atoms with van der Waals surface area (Å²) in [6, 6.07) is 12.8. The van der Waals surface area contributed by atoms with Crippen LogP contribution in [0.25, 0.3) is 0 Å². The predicted molar refractivity (Wildman–Crippen MR) is 133 cm³/mol. The Balaban J connectivity index is 1.28. The Hall–Kier alpha value is -4.01. The van der Waals surface area contributed by atoms with Crippen molar-refractivity contribution in [3.05, 3.63) is 71.2 Å². The van der Waals surface area contributed by atoms with Crippen LogP contribution in [0, 0.1) is 12.7 Å². The van der Waals surface area contributed by atoms with E-state index >= 15 is 0 Å². The highest BCUT2D eigenvalue weighted by Crippen LogP contribution is 2.45. The van der Waals surface area contributed by atoms with Gasteiger partial charge in [-0.15, -0.1) is 0 Å². The van der Waals surface area contributed by atoms with E-state index in [2.05, 4.69) is 20.5 Å². The van der Waals surface area contributed by atoms with Crippen LogP contribution in [0.1, 0.15) is 41.4 Å². The SMILES string of the molecule is Cc1nc(NCc2ccc(NC(=O)c3ccc(F)cc3)cc2)nc2c1N(C)C(=O)[C@@]1(C)CCCN21. The van der Waals surface area contributed by atoms with Gasteiger partial charge < -0.3 is 20.4 Å². The third-order valence-electron chi connectivity index (χ3n) is 6.81. The lowest BCUT2D eigenvalue weighted by molar-refractivity contribution is -0.123. The van der Waals surface area contributed by atoms with Crippen molar-refractivity contribution in [2.75, 3.05) is 34.0 Å². The molecule has 0 aliphatic carbocycles. The lowest BCUT2D eigenvalue weighted by atomic mass is 9.94. The van der Waals surface area contributed by atoms with Crippen molar-refractivity contribution in [2.45, 2.75) is 38.8 Å². The van der Waals surface area contributed by atoms with Gasteiger partial charge in [0.1, 0.15) is 17.0 Å². The number of aryl methyl sites for hydroxylation is 1. The number of carbonyl (C=O) groups excluding carboxylic acids is 2. The minimum absolute atomic E-state index is 0.0847. The Morgan fingerprint density at radius 3 is 2.54 bits per heavy atom. The van der Waals surface area contributed by atoms with E-state index in [1.807, 2.05) is 38.1 Å². The molecule has 1 fully saturated rings. The largest absolute Gasteiger partial charge is 0.350 e. The number of carbonyl (C=O) groups is 2. The monoisotopic (exact) mass is 474 g/mol. The highest BCUT2D eigenvalue weighted by molar-refractivity contribution is 6.08. The number of amides is 2. The summed E-state index contributed by atoms with van der Waals surface area (Å²) in [7, 11) is 1.79. The number of hydrogen-bond acceptors (Lipinski definition) is 6. The van der Waals surface area contributed by atoms with E-state index in [9.17, 15) is 14.0 Å². The van der Waals surface area contributed by atoms with Crippen LogP contribution in [-0.2, 0) is 11.3 Å². The molecule has 2 aromatic carbocycles. The molecule has 1 atom stereocenters. The number of likely N-dealkylation sites (N-methyl/N-ethyl adjacent to an activating group) is 1. The summed E-state index contributed by atoms with van der Waals surface area (Å²) in [5.74, 6) is 0.701. The summed E-state index contributed by atoms with van der Waals surface area (Å²) in [4.78, 5) is 38.5. The molecule has 1 saturated heterocycles. The van der Waals surface area contributed by atoms with E-state index in [1.165, 1.54) is 24.3 Å². The number of fused-ring (bicyclic) bond motifs is 3. The van der Waals surface area contributed by atoms with Crippen molar-refractivity contribution in [1.29, 1.82) is 0 Å². The standard InChI is InChI=1S/C26H27FN6O2/c1-16-21-22(33-14-4-13-26(33,2)24(35)32(21)3)31-25(29-16)28-15-17-5-11-20(12-6-17)30-23(34)18-7-9-19(27)10-8-18/h5-12H,4,13-15H2,1-3H3,(H,30,34)(H,28,29,31)/t26-/m1/s1. The van der Waals surface area contributed by atoms with E-state index in [4.69, 9.17) is 4.98 Å². The highest BCUT2D eigenvalue weighted by atomic mass is 19.1. The van der Waals surface area contributed by atoms with Crippen molar-refractivity contribution in [2.24, 2.45) is 0 Å². The molecule has 0 saturated carbocycles. The van der Waals surface area contributed by atoms with Gasteiger partial charge >= 0.3 is 0 Å². The van der Waals surface area contributed by atoms with E-state index in [1.54, 1.807) is 11.9 Å². The van der Waals surface area contributed by atoms with Crippen molar-refractivity contribution in [1.82, 2.24) is 9.97 Å². The molecule has 0 radical (unpaired) electrons. The van der Waals surface area contributed by atoms with Crippen LogP contribution in [0.5, 0.6) is 0 Å². The highest BCUT2D eigenvalue weighted by Gasteiger charge is 2.50. The van der Waals surface area contributed by atoms with Gasteiger partial charge in [0.05, 0.1) is 5.69 Å². The number of nitrogens with zero attached hydrogens (tertiary/aromatic N) is 4. The number of nitrogens with one attached hydrogen (secondary N) is 2. The van der Waals surface area contributed by atoms with Crippen LogP contribution >= 0.6 is 0 Å². The third kappa shape index (κ3) is 4.07. The van der Waals surface area contributed by atoms with E-state index in [0.29, 0.717) is 23.7 Å². The van der Waals surface area contributed by atoms with E-state index < -0.39 is 5.54 Å². The number of rotatable bonds is 5. The Labute approximate surface area is 203 Å².